The van der Waals surface area contributed by atoms with E-state index in [1.807, 2.05) is 60.7 Å². The highest BCUT2D eigenvalue weighted by atomic mass is 16.6. The molecule has 0 amide bonds. The zero-order valence-electron chi connectivity index (χ0n) is 18.8. The highest BCUT2D eigenvalue weighted by Crippen LogP contribution is 2.28. The van der Waals surface area contributed by atoms with E-state index >= 15 is 0 Å². The lowest BCUT2D eigenvalue weighted by molar-refractivity contribution is 0.0276. The topological polar surface area (TPSA) is 71.1 Å². The summed E-state index contributed by atoms with van der Waals surface area (Å²) in [4.78, 5) is 22.4. The Morgan fingerprint density at radius 2 is 0.853 bits per heavy atom. The SMILES string of the molecule is O=Cc1ccc(OCCOCCOCCOc2ccc(C=O)c3ccccc23)c2ccccc12. The predicted molar refractivity (Wildman–Crippen MR) is 131 cm³/mol. The molecule has 0 aliphatic heterocycles. The quantitative estimate of drug-likeness (QED) is 0.205. The van der Waals surface area contributed by atoms with Gasteiger partial charge in [0.15, 0.2) is 12.6 Å². The van der Waals surface area contributed by atoms with Gasteiger partial charge in [-0.25, -0.2) is 0 Å². The van der Waals surface area contributed by atoms with Crippen molar-refractivity contribution in [2.24, 2.45) is 0 Å². The normalized spacial score (nSPS) is 10.9. The summed E-state index contributed by atoms with van der Waals surface area (Å²) in [6, 6.07) is 22.5. The molecule has 0 saturated heterocycles. The molecule has 6 nitrogen and oxygen atoms in total. The fourth-order valence-corrected chi connectivity index (χ4v) is 3.79. The second-order valence-electron chi connectivity index (χ2n) is 7.55. The largest absolute Gasteiger partial charge is 0.491 e. The maximum absolute atomic E-state index is 11.2. The molecule has 174 valence electrons. The van der Waals surface area contributed by atoms with Gasteiger partial charge in [-0.2, -0.15) is 0 Å². The van der Waals surface area contributed by atoms with E-state index in [2.05, 4.69) is 0 Å². The lowest BCUT2D eigenvalue weighted by atomic mass is 10.0. The summed E-state index contributed by atoms with van der Waals surface area (Å²) in [7, 11) is 0. The molecule has 4 aromatic rings. The molecule has 4 rings (SSSR count). The van der Waals surface area contributed by atoms with Gasteiger partial charge in [0.1, 0.15) is 24.7 Å². The highest BCUT2D eigenvalue weighted by Gasteiger charge is 2.07. The van der Waals surface area contributed by atoms with Crippen molar-refractivity contribution in [3.8, 4) is 11.5 Å². The summed E-state index contributed by atoms with van der Waals surface area (Å²) in [5, 5.41) is 3.56. The van der Waals surface area contributed by atoms with Crippen LogP contribution in [0.15, 0.2) is 72.8 Å². The van der Waals surface area contributed by atoms with Crippen LogP contribution in [-0.4, -0.2) is 52.2 Å². The van der Waals surface area contributed by atoms with Gasteiger partial charge in [0, 0.05) is 21.9 Å². The third-order valence-corrected chi connectivity index (χ3v) is 5.43. The average molecular weight is 459 g/mol. The maximum Gasteiger partial charge on any atom is 0.150 e. The maximum atomic E-state index is 11.2. The summed E-state index contributed by atoms with van der Waals surface area (Å²) in [5.74, 6) is 1.46. The van der Waals surface area contributed by atoms with Crippen molar-refractivity contribution in [2.75, 3.05) is 39.6 Å². The Morgan fingerprint density at radius 1 is 0.471 bits per heavy atom. The van der Waals surface area contributed by atoms with Crippen LogP contribution in [0.1, 0.15) is 20.7 Å². The summed E-state index contributed by atoms with van der Waals surface area (Å²) in [6.07, 6.45) is 1.71. The minimum absolute atomic E-state index is 0.400. The summed E-state index contributed by atoms with van der Waals surface area (Å²) >= 11 is 0. The number of carbonyl (C=O) groups is 2. The molecule has 0 saturated carbocycles. The van der Waals surface area contributed by atoms with Crippen molar-refractivity contribution >= 4 is 34.1 Å². The number of carbonyl (C=O) groups excluding carboxylic acids is 2. The van der Waals surface area contributed by atoms with E-state index in [4.69, 9.17) is 18.9 Å². The van der Waals surface area contributed by atoms with Gasteiger partial charge in [-0.15, -0.1) is 0 Å². The number of hydrogen-bond donors (Lipinski definition) is 0. The van der Waals surface area contributed by atoms with E-state index in [1.54, 1.807) is 12.1 Å². The Hall–Kier alpha value is -3.74. The Labute approximate surface area is 198 Å². The summed E-state index contributed by atoms with van der Waals surface area (Å²) < 4.78 is 22.8. The molecule has 0 aliphatic carbocycles. The van der Waals surface area contributed by atoms with Crippen LogP contribution in [0.3, 0.4) is 0 Å². The van der Waals surface area contributed by atoms with Crippen molar-refractivity contribution in [1.29, 1.82) is 0 Å². The molecular weight excluding hydrogens is 432 g/mol. The van der Waals surface area contributed by atoms with Crippen molar-refractivity contribution in [1.82, 2.24) is 0 Å². The fraction of sp³-hybridized carbons (Fsp3) is 0.214. The Morgan fingerprint density at radius 3 is 1.26 bits per heavy atom. The van der Waals surface area contributed by atoms with Crippen LogP contribution in [0.4, 0.5) is 0 Å². The summed E-state index contributed by atoms with van der Waals surface area (Å²) in [5.41, 5.74) is 1.29. The molecule has 0 radical (unpaired) electrons. The molecule has 0 spiro atoms. The third-order valence-electron chi connectivity index (χ3n) is 5.43. The Balaban J connectivity index is 1.13. The van der Waals surface area contributed by atoms with Gasteiger partial charge in [0.05, 0.1) is 26.4 Å². The van der Waals surface area contributed by atoms with Gasteiger partial charge < -0.3 is 18.9 Å². The number of fused-ring (bicyclic) bond motifs is 2. The number of rotatable bonds is 13. The van der Waals surface area contributed by atoms with Crippen LogP contribution in [0.5, 0.6) is 11.5 Å². The van der Waals surface area contributed by atoms with E-state index in [1.165, 1.54) is 0 Å². The van der Waals surface area contributed by atoms with Crippen molar-refractivity contribution in [2.45, 2.75) is 0 Å². The lowest BCUT2D eigenvalue weighted by Crippen LogP contribution is -2.13. The van der Waals surface area contributed by atoms with Crippen LogP contribution in [0, 0.1) is 0 Å². The number of hydrogen-bond acceptors (Lipinski definition) is 6. The Kier molecular flexibility index (Phi) is 8.22. The van der Waals surface area contributed by atoms with E-state index in [0.29, 0.717) is 50.8 Å². The van der Waals surface area contributed by atoms with E-state index < -0.39 is 0 Å². The second kappa shape index (κ2) is 11.9. The monoisotopic (exact) mass is 458 g/mol. The van der Waals surface area contributed by atoms with Gasteiger partial charge in [-0.3, -0.25) is 9.59 Å². The molecule has 34 heavy (non-hydrogen) atoms. The van der Waals surface area contributed by atoms with Crippen molar-refractivity contribution < 1.29 is 28.5 Å². The van der Waals surface area contributed by atoms with E-state index in [0.717, 1.165) is 45.6 Å². The molecule has 0 unspecified atom stereocenters. The molecule has 0 fully saturated rings. The second-order valence-corrected chi connectivity index (χ2v) is 7.55. The van der Waals surface area contributed by atoms with Gasteiger partial charge >= 0.3 is 0 Å². The number of benzene rings is 4. The zero-order chi connectivity index (χ0) is 23.6. The molecule has 4 aromatic carbocycles. The number of ether oxygens (including phenoxy) is 4. The van der Waals surface area contributed by atoms with Crippen LogP contribution in [-0.2, 0) is 9.47 Å². The first-order valence-electron chi connectivity index (χ1n) is 11.2. The van der Waals surface area contributed by atoms with Crippen molar-refractivity contribution in [3.05, 3.63) is 83.9 Å². The molecule has 0 aliphatic rings. The summed E-state index contributed by atoms with van der Waals surface area (Å²) in [6.45, 7) is 2.56. The fourth-order valence-electron chi connectivity index (χ4n) is 3.79. The first-order chi connectivity index (χ1) is 16.8. The molecule has 6 heteroatoms. The molecule has 0 bridgehead atoms. The van der Waals surface area contributed by atoms with Crippen molar-refractivity contribution in [3.63, 3.8) is 0 Å². The van der Waals surface area contributed by atoms with E-state index in [9.17, 15) is 9.59 Å². The molecular formula is C28H26O6. The predicted octanol–water partition coefficient (Wildman–Crippen LogP) is 5.11. The number of aldehydes is 2. The van der Waals surface area contributed by atoms with Crippen LogP contribution in [0.25, 0.3) is 21.5 Å². The highest BCUT2D eigenvalue weighted by molar-refractivity contribution is 6.01. The Bertz CT molecular complexity index is 1170. The zero-order valence-corrected chi connectivity index (χ0v) is 18.8. The van der Waals surface area contributed by atoms with Crippen LogP contribution < -0.4 is 9.47 Å². The van der Waals surface area contributed by atoms with Gasteiger partial charge in [0.2, 0.25) is 0 Å². The van der Waals surface area contributed by atoms with Gasteiger partial charge in [0.25, 0.3) is 0 Å². The molecule has 0 aromatic heterocycles. The average Bonchev–Trinajstić information content (AvgIpc) is 2.89. The van der Waals surface area contributed by atoms with E-state index in [-0.39, 0.29) is 0 Å². The molecule has 0 atom stereocenters. The lowest BCUT2D eigenvalue weighted by Gasteiger charge is -2.12. The first kappa shape index (κ1) is 23.4. The first-order valence-corrected chi connectivity index (χ1v) is 11.2. The molecule has 0 N–H and O–H groups in total. The standard InChI is InChI=1S/C28H26O6/c29-19-21-9-11-27(25-7-3-1-5-23(21)25)33-17-15-31-13-14-32-16-18-34-28-12-10-22(20-30)24-6-2-4-8-26(24)28/h1-12,19-20H,13-18H2. The van der Waals surface area contributed by atoms with Crippen LogP contribution in [0.2, 0.25) is 0 Å². The van der Waals surface area contributed by atoms with Gasteiger partial charge in [-0.1, -0.05) is 48.5 Å². The third kappa shape index (κ3) is 5.60. The minimum atomic E-state index is 0.400. The molecule has 0 heterocycles. The van der Waals surface area contributed by atoms with Gasteiger partial charge in [-0.05, 0) is 35.0 Å². The van der Waals surface area contributed by atoms with Crippen LogP contribution >= 0.6 is 0 Å². The smallest absolute Gasteiger partial charge is 0.150 e. The minimum Gasteiger partial charge on any atom is -0.491 e.